The molecule has 1 aromatic rings. The Labute approximate surface area is 98.6 Å². The van der Waals surface area contributed by atoms with Gasteiger partial charge in [0.25, 0.3) is 0 Å². The summed E-state index contributed by atoms with van der Waals surface area (Å²) in [5, 5.41) is 0. The summed E-state index contributed by atoms with van der Waals surface area (Å²) in [4.78, 5) is 0. The van der Waals surface area contributed by atoms with Crippen molar-refractivity contribution in [2.75, 3.05) is 0 Å². The third kappa shape index (κ3) is 5.73. The number of halogens is 2. The van der Waals surface area contributed by atoms with E-state index >= 15 is 0 Å². The maximum atomic E-state index is 5.23. The SMILES string of the molecule is Cl[C-]=Cc1ccccc1.[Br-].[Mg+2]. The molecule has 0 radical (unpaired) electrons. The zero-order chi connectivity index (χ0) is 6.53. The smallest absolute Gasteiger partial charge is 1.00 e. The van der Waals surface area contributed by atoms with E-state index in [0.717, 1.165) is 5.56 Å². The molecular formula is C8H6BrClMg. The monoisotopic (exact) mass is 240 g/mol. The minimum absolute atomic E-state index is 0. The largest absolute Gasteiger partial charge is 2.00 e. The average molecular weight is 242 g/mol. The predicted octanol–water partition coefficient (Wildman–Crippen LogP) is -0.678. The molecule has 1 aromatic carbocycles. The molecular weight excluding hydrogens is 236 g/mol. The summed E-state index contributed by atoms with van der Waals surface area (Å²) in [6.07, 6.45) is 1.72. The molecule has 0 aliphatic carbocycles. The molecule has 54 valence electrons. The van der Waals surface area contributed by atoms with Crippen molar-refractivity contribution >= 4 is 40.7 Å². The molecule has 0 nitrogen and oxygen atoms in total. The van der Waals surface area contributed by atoms with Gasteiger partial charge in [0.05, 0.1) is 0 Å². The topological polar surface area (TPSA) is 0 Å². The van der Waals surface area contributed by atoms with Gasteiger partial charge in [0, 0.05) is 0 Å². The predicted molar refractivity (Wildman–Crippen MR) is 45.8 cm³/mol. The Bertz CT molecular complexity index is 199. The first kappa shape index (κ1) is 14.0. The maximum Gasteiger partial charge on any atom is 2.00 e. The van der Waals surface area contributed by atoms with Gasteiger partial charge in [-0.2, -0.15) is 11.1 Å². The Hall–Kier alpha value is 0.496. The fourth-order valence-electron chi connectivity index (χ4n) is 0.612. The first-order chi connectivity index (χ1) is 4.43. The van der Waals surface area contributed by atoms with Gasteiger partial charge in [0.15, 0.2) is 0 Å². The van der Waals surface area contributed by atoms with Crippen molar-refractivity contribution in [2.45, 2.75) is 0 Å². The van der Waals surface area contributed by atoms with Crippen molar-refractivity contribution in [1.82, 2.24) is 0 Å². The number of benzene rings is 1. The molecule has 0 amide bonds. The Kier molecular flexibility index (Phi) is 11.0. The molecule has 0 unspecified atom stereocenters. The van der Waals surface area contributed by atoms with E-state index in [1.54, 1.807) is 6.08 Å². The number of rotatable bonds is 1. The van der Waals surface area contributed by atoms with Crippen LogP contribution in [0.4, 0.5) is 0 Å². The molecule has 0 aliphatic heterocycles. The van der Waals surface area contributed by atoms with Crippen LogP contribution in [0.1, 0.15) is 5.56 Å². The molecule has 0 saturated heterocycles. The van der Waals surface area contributed by atoms with Crippen LogP contribution in [0.3, 0.4) is 0 Å². The van der Waals surface area contributed by atoms with Crippen LogP contribution in [-0.4, -0.2) is 23.1 Å². The summed E-state index contributed by atoms with van der Waals surface area (Å²) < 4.78 is 0. The molecule has 0 N–H and O–H groups in total. The molecule has 0 spiro atoms. The molecule has 1 rings (SSSR count). The van der Waals surface area contributed by atoms with Gasteiger partial charge >= 0.3 is 23.1 Å². The zero-order valence-corrected chi connectivity index (χ0v) is 9.68. The summed E-state index contributed by atoms with van der Waals surface area (Å²) in [6.45, 7) is 0. The molecule has 0 bridgehead atoms. The van der Waals surface area contributed by atoms with Gasteiger partial charge in [-0.05, 0) is 0 Å². The van der Waals surface area contributed by atoms with E-state index in [-0.39, 0.29) is 40.0 Å². The molecule has 0 saturated carbocycles. The van der Waals surface area contributed by atoms with Gasteiger partial charge in [0.1, 0.15) is 0 Å². The average Bonchev–Trinajstić information content (AvgIpc) is 1.91. The quantitative estimate of drug-likeness (QED) is 0.452. The van der Waals surface area contributed by atoms with Gasteiger partial charge in [-0.1, -0.05) is 18.2 Å². The van der Waals surface area contributed by atoms with E-state index in [9.17, 15) is 0 Å². The minimum Gasteiger partial charge on any atom is -1.00 e. The van der Waals surface area contributed by atoms with Crippen LogP contribution in [0, 0.1) is 5.54 Å². The van der Waals surface area contributed by atoms with Crippen LogP contribution in [0.25, 0.3) is 6.08 Å². The second-order valence-corrected chi connectivity index (χ2v) is 1.88. The molecule has 0 fully saturated rings. The van der Waals surface area contributed by atoms with Gasteiger partial charge in [-0.15, -0.1) is 12.1 Å². The Balaban J connectivity index is 0. The van der Waals surface area contributed by atoms with Crippen molar-refractivity contribution in [1.29, 1.82) is 0 Å². The molecule has 11 heavy (non-hydrogen) atoms. The summed E-state index contributed by atoms with van der Waals surface area (Å²) in [5.41, 5.74) is 3.51. The molecule has 0 atom stereocenters. The second kappa shape index (κ2) is 8.59. The van der Waals surface area contributed by atoms with E-state index in [4.69, 9.17) is 11.6 Å². The van der Waals surface area contributed by atoms with Gasteiger partial charge in [-0.3, -0.25) is 0 Å². The standard InChI is InChI=1S/C8H6Cl.BrH.Mg/c9-7-6-8-4-2-1-3-5-8;;/h1-6H;1H;/q-1;;+2/p-1. The molecule has 3 heteroatoms. The number of hydrogen-bond acceptors (Lipinski definition) is 0. The third-order valence-corrected chi connectivity index (χ3v) is 1.13. The molecule has 0 aromatic heterocycles. The minimum atomic E-state index is 0. The van der Waals surface area contributed by atoms with E-state index in [0.29, 0.717) is 0 Å². The maximum absolute atomic E-state index is 5.23. The molecule has 0 aliphatic rings. The second-order valence-electron chi connectivity index (χ2n) is 1.66. The third-order valence-electron chi connectivity index (χ3n) is 1.02. The van der Waals surface area contributed by atoms with Crippen molar-refractivity contribution in [2.24, 2.45) is 0 Å². The van der Waals surface area contributed by atoms with Crippen molar-refractivity contribution in [3.8, 4) is 0 Å². The van der Waals surface area contributed by atoms with Crippen LogP contribution in [0.15, 0.2) is 30.3 Å². The zero-order valence-electron chi connectivity index (χ0n) is 5.93. The fourth-order valence-corrected chi connectivity index (χ4v) is 0.738. The summed E-state index contributed by atoms with van der Waals surface area (Å²) in [6, 6.07) is 9.82. The Morgan fingerprint density at radius 2 is 1.73 bits per heavy atom. The molecule has 0 heterocycles. The summed E-state index contributed by atoms with van der Waals surface area (Å²) in [5.74, 6) is 0. The van der Waals surface area contributed by atoms with Crippen LogP contribution < -0.4 is 17.0 Å². The van der Waals surface area contributed by atoms with E-state index in [2.05, 4.69) is 5.54 Å². The summed E-state index contributed by atoms with van der Waals surface area (Å²) in [7, 11) is 0. The van der Waals surface area contributed by atoms with Crippen molar-refractivity contribution in [3.63, 3.8) is 0 Å². The first-order valence-corrected chi connectivity index (χ1v) is 3.05. The van der Waals surface area contributed by atoms with Gasteiger partial charge < -0.3 is 17.0 Å². The van der Waals surface area contributed by atoms with Crippen LogP contribution in [-0.2, 0) is 0 Å². The Morgan fingerprint density at radius 1 is 1.18 bits per heavy atom. The van der Waals surface area contributed by atoms with Crippen molar-refractivity contribution in [3.05, 3.63) is 41.4 Å². The van der Waals surface area contributed by atoms with Crippen LogP contribution in [0.5, 0.6) is 0 Å². The first-order valence-electron chi connectivity index (χ1n) is 2.68. The normalized spacial score (nSPS) is 8.45. The fraction of sp³-hybridized carbons (Fsp3) is 0. The Morgan fingerprint density at radius 3 is 2.18 bits per heavy atom. The van der Waals surface area contributed by atoms with Gasteiger partial charge in [-0.25, -0.2) is 17.7 Å². The van der Waals surface area contributed by atoms with Crippen molar-refractivity contribution < 1.29 is 17.0 Å². The van der Waals surface area contributed by atoms with Crippen LogP contribution >= 0.6 is 11.6 Å². The van der Waals surface area contributed by atoms with Gasteiger partial charge in [0.2, 0.25) is 0 Å². The van der Waals surface area contributed by atoms with E-state index in [1.807, 2.05) is 30.3 Å². The van der Waals surface area contributed by atoms with Crippen LogP contribution in [0.2, 0.25) is 0 Å². The van der Waals surface area contributed by atoms with E-state index in [1.165, 1.54) is 0 Å². The van der Waals surface area contributed by atoms with E-state index < -0.39 is 0 Å². The number of hydrogen-bond donors (Lipinski definition) is 0. The summed E-state index contributed by atoms with van der Waals surface area (Å²) >= 11 is 5.23.